The normalized spacial score (nSPS) is 17.5. The summed E-state index contributed by atoms with van der Waals surface area (Å²) in [6.07, 6.45) is 2.22. The van der Waals surface area contributed by atoms with Crippen LogP contribution in [0.15, 0.2) is 53.7 Å². The number of benzene rings is 2. The number of aromatic nitrogens is 2. The zero-order valence-electron chi connectivity index (χ0n) is 16.3. The smallest absolute Gasteiger partial charge is 0.233 e. The van der Waals surface area contributed by atoms with E-state index in [0.29, 0.717) is 18.1 Å². The van der Waals surface area contributed by atoms with E-state index in [2.05, 4.69) is 22.0 Å². The van der Waals surface area contributed by atoms with Crippen LogP contribution in [-0.4, -0.2) is 40.0 Å². The molecular weight excluding hydrogens is 406 g/mol. The van der Waals surface area contributed by atoms with Gasteiger partial charge in [-0.25, -0.2) is 4.98 Å². The first-order chi connectivity index (χ1) is 14.1. The molecular formula is C22H24ClN3O2S. The minimum absolute atomic E-state index is 0.00171. The molecule has 1 N–H and O–H groups in total. The summed E-state index contributed by atoms with van der Waals surface area (Å²) in [5.41, 5.74) is 3.02. The zero-order chi connectivity index (χ0) is 20.2. The van der Waals surface area contributed by atoms with Crippen LogP contribution < -0.4 is 5.32 Å². The quantitative estimate of drug-likeness (QED) is 0.561. The number of thioether (sulfide) groups is 1. The molecule has 0 radical (unpaired) electrons. The molecule has 0 saturated carbocycles. The van der Waals surface area contributed by atoms with E-state index in [4.69, 9.17) is 21.3 Å². The highest BCUT2D eigenvalue weighted by Crippen LogP contribution is 2.29. The van der Waals surface area contributed by atoms with Crippen LogP contribution in [0.1, 0.15) is 25.3 Å². The SMILES string of the molecule is C[C@@H](Sc1nc2cc(Cl)ccc2n1Cc1ccccc1)C(=O)NC[C@@H]1CCCO1. The first-order valence-electron chi connectivity index (χ1n) is 9.86. The predicted molar refractivity (Wildman–Crippen MR) is 118 cm³/mol. The third-order valence-electron chi connectivity index (χ3n) is 5.04. The maximum Gasteiger partial charge on any atom is 0.233 e. The van der Waals surface area contributed by atoms with Crippen molar-refractivity contribution in [3.05, 3.63) is 59.1 Å². The summed E-state index contributed by atoms with van der Waals surface area (Å²) in [6.45, 7) is 3.96. The van der Waals surface area contributed by atoms with Crippen molar-refractivity contribution >= 4 is 40.3 Å². The van der Waals surface area contributed by atoms with Gasteiger partial charge >= 0.3 is 0 Å². The molecule has 4 rings (SSSR count). The molecule has 1 aliphatic rings. The van der Waals surface area contributed by atoms with Crippen molar-refractivity contribution in [1.82, 2.24) is 14.9 Å². The number of halogens is 1. The number of nitrogens with zero attached hydrogens (tertiary/aromatic N) is 2. The van der Waals surface area contributed by atoms with Gasteiger partial charge in [0.05, 0.1) is 28.9 Å². The number of hydrogen-bond donors (Lipinski definition) is 1. The Hall–Kier alpha value is -2.02. The number of amides is 1. The van der Waals surface area contributed by atoms with E-state index in [1.165, 1.54) is 17.3 Å². The van der Waals surface area contributed by atoms with E-state index < -0.39 is 0 Å². The Balaban J connectivity index is 1.53. The van der Waals surface area contributed by atoms with E-state index in [1.807, 2.05) is 43.3 Å². The van der Waals surface area contributed by atoms with Crippen molar-refractivity contribution in [1.29, 1.82) is 0 Å². The second-order valence-corrected chi connectivity index (χ2v) is 8.98. The van der Waals surface area contributed by atoms with Gasteiger partial charge in [0.2, 0.25) is 5.91 Å². The zero-order valence-corrected chi connectivity index (χ0v) is 17.9. The minimum Gasteiger partial charge on any atom is -0.376 e. The number of ether oxygens (including phenoxy) is 1. The molecule has 1 aliphatic heterocycles. The average molecular weight is 430 g/mol. The summed E-state index contributed by atoms with van der Waals surface area (Å²) in [5.74, 6) is 0.00171. The fourth-order valence-electron chi connectivity index (χ4n) is 3.46. The summed E-state index contributed by atoms with van der Waals surface area (Å²) in [5, 5.41) is 4.21. The van der Waals surface area contributed by atoms with Crippen LogP contribution >= 0.6 is 23.4 Å². The molecule has 1 aromatic heterocycles. The fourth-order valence-corrected chi connectivity index (χ4v) is 4.58. The van der Waals surface area contributed by atoms with Crippen LogP contribution in [0.3, 0.4) is 0 Å². The van der Waals surface area contributed by atoms with E-state index in [0.717, 1.165) is 35.6 Å². The van der Waals surface area contributed by atoms with Gasteiger partial charge in [-0.05, 0) is 43.5 Å². The topological polar surface area (TPSA) is 56.2 Å². The molecule has 152 valence electrons. The number of nitrogens with one attached hydrogen (secondary N) is 1. The van der Waals surface area contributed by atoms with E-state index >= 15 is 0 Å². The highest BCUT2D eigenvalue weighted by Gasteiger charge is 2.22. The molecule has 1 fully saturated rings. The van der Waals surface area contributed by atoms with E-state index in [-0.39, 0.29) is 17.3 Å². The lowest BCUT2D eigenvalue weighted by atomic mass is 10.2. The summed E-state index contributed by atoms with van der Waals surface area (Å²) < 4.78 is 7.74. The first-order valence-corrected chi connectivity index (χ1v) is 11.1. The summed E-state index contributed by atoms with van der Waals surface area (Å²) in [6, 6.07) is 16.0. The lowest BCUT2D eigenvalue weighted by molar-refractivity contribution is -0.120. The summed E-state index contributed by atoms with van der Waals surface area (Å²) in [7, 11) is 0. The number of hydrogen-bond acceptors (Lipinski definition) is 4. The highest BCUT2D eigenvalue weighted by molar-refractivity contribution is 8.00. The van der Waals surface area contributed by atoms with Crippen LogP contribution in [0.4, 0.5) is 0 Å². The Bertz CT molecular complexity index is 986. The molecule has 29 heavy (non-hydrogen) atoms. The Morgan fingerprint density at radius 3 is 2.93 bits per heavy atom. The molecule has 5 nitrogen and oxygen atoms in total. The molecule has 1 saturated heterocycles. The third-order valence-corrected chi connectivity index (χ3v) is 6.36. The molecule has 7 heteroatoms. The highest BCUT2D eigenvalue weighted by atomic mass is 35.5. The first kappa shape index (κ1) is 20.3. The van der Waals surface area contributed by atoms with Crippen molar-refractivity contribution < 1.29 is 9.53 Å². The molecule has 2 heterocycles. The Kier molecular flexibility index (Phi) is 6.43. The van der Waals surface area contributed by atoms with Crippen molar-refractivity contribution in [3.8, 4) is 0 Å². The van der Waals surface area contributed by atoms with Gasteiger partial charge in [0, 0.05) is 18.2 Å². The van der Waals surface area contributed by atoms with Gasteiger partial charge in [-0.15, -0.1) is 0 Å². The Labute approximate surface area is 179 Å². The van der Waals surface area contributed by atoms with Gasteiger partial charge in [0.1, 0.15) is 0 Å². The van der Waals surface area contributed by atoms with Crippen LogP contribution in [0.2, 0.25) is 5.02 Å². The molecule has 2 aromatic carbocycles. The summed E-state index contributed by atoms with van der Waals surface area (Å²) in [4.78, 5) is 17.4. The molecule has 0 bridgehead atoms. The number of rotatable bonds is 7. The van der Waals surface area contributed by atoms with E-state index in [1.54, 1.807) is 0 Å². The van der Waals surface area contributed by atoms with Gasteiger partial charge in [-0.3, -0.25) is 4.79 Å². The predicted octanol–water partition coefficient (Wildman–Crippen LogP) is 4.51. The molecule has 0 aliphatic carbocycles. The molecule has 1 amide bonds. The number of imidazole rings is 1. The van der Waals surface area contributed by atoms with Crippen molar-refractivity contribution in [2.75, 3.05) is 13.2 Å². The van der Waals surface area contributed by atoms with E-state index in [9.17, 15) is 4.79 Å². The molecule has 2 atom stereocenters. The molecule has 0 unspecified atom stereocenters. The lowest BCUT2D eigenvalue weighted by Gasteiger charge is -2.15. The average Bonchev–Trinajstić information content (AvgIpc) is 3.35. The maximum atomic E-state index is 12.6. The summed E-state index contributed by atoms with van der Waals surface area (Å²) >= 11 is 7.64. The fraction of sp³-hybridized carbons (Fsp3) is 0.364. The van der Waals surface area contributed by atoms with Gasteiger partial charge in [-0.1, -0.05) is 53.7 Å². The van der Waals surface area contributed by atoms with Crippen molar-refractivity contribution in [2.24, 2.45) is 0 Å². The Morgan fingerprint density at radius 1 is 1.34 bits per heavy atom. The van der Waals surface area contributed by atoms with Gasteiger partial charge in [0.15, 0.2) is 5.16 Å². The number of fused-ring (bicyclic) bond motifs is 1. The van der Waals surface area contributed by atoms with Crippen molar-refractivity contribution in [3.63, 3.8) is 0 Å². The van der Waals surface area contributed by atoms with Crippen LogP contribution in [-0.2, 0) is 16.1 Å². The second kappa shape index (κ2) is 9.20. The largest absolute Gasteiger partial charge is 0.376 e. The number of carbonyl (C=O) groups excluding carboxylic acids is 1. The third kappa shape index (κ3) is 4.94. The van der Waals surface area contributed by atoms with Crippen molar-refractivity contribution in [2.45, 2.75) is 42.8 Å². The van der Waals surface area contributed by atoms with Gasteiger partial charge < -0.3 is 14.6 Å². The minimum atomic E-state index is -0.266. The van der Waals surface area contributed by atoms with Crippen LogP contribution in [0.25, 0.3) is 11.0 Å². The standard InChI is InChI=1S/C22H24ClN3O2S/c1-15(21(27)24-13-18-8-5-11-28-18)29-22-25-19-12-17(23)9-10-20(19)26(22)14-16-6-3-2-4-7-16/h2-4,6-7,9-10,12,15,18H,5,8,11,13-14H2,1H3,(H,24,27)/t15-,18+/m1/s1. The van der Waals surface area contributed by atoms with Gasteiger partial charge in [0.25, 0.3) is 0 Å². The maximum absolute atomic E-state index is 12.6. The second-order valence-electron chi connectivity index (χ2n) is 7.24. The lowest BCUT2D eigenvalue weighted by Crippen LogP contribution is -2.36. The molecule has 0 spiro atoms. The number of carbonyl (C=O) groups is 1. The molecule has 3 aromatic rings. The van der Waals surface area contributed by atoms with Gasteiger partial charge in [-0.2, -0.15) is 0 Å². The Morgan fingerprint density at radius 2 is 2.17 bits per heavy atom. The monoisotopic (exact) mass is 429 g/mol. The van der Waals surface area contributed by atoms with Crippen LogP contribution in [0, 0.1) is 0 Å². The van der Waals surface area contributed by atoms with Crippen LogP contribution in [0.5, 0.6) is 0 Å².